The molecule has 6 atom stereocenters. The molecule has 0 saturated carbocycles. The summed E-state index contributed by atoms with van der Waals surface area (Å²) in [6.45, 7) is 34.6. The van der Waals surface area contributed by atoms with Gasteiger partial charge in [0, 0.05) is 36.4 Å². The molecule has 1 heterocycles. The Kier molecular flexibility index (Phi) is 20.6. The topological polar surface area (TPSA) is 139 Å². The van der Waals surface area contributed by atoms with E-state index in [4.69, 9.17) is 13.6 Å². The number of rotatable bonds is 23. The van der Waals surface area contributed by atoms with Gasteiger partial charge in [0.05, 0.1) is 24.2 Å². The first-order chi connectivity index (χ1) is 30.6. The highest BCUT2D eigenvalue weighted by atomic mass is 79.9. The van der Waals surface area contributed by atoms with Gasteiger partial charge in [0.25, 0.3) is 8.32 Å². The Bertz CT molecular complexity index is 2110. The molecule has 0 radical (unpaired) electrons. The summed E-state index contributed by atoms with van der Waals surface area (Å²) in [5, 5.41) is 7.08. The molecule has 11 nitrogen and oxygen atoms in total. The van der Waals surface area contributed by atoms with E-state index in [9.17, 15) is 19.2 Å². The number of H-pyrrole nitrogens is 1. The van der Waals surface area contributed by atoms with Crippen LogP contribution < -0.4 is 15.1 Å². The summed E-state index contributed by atoms with van der Waals surface area (Å²) in [7, 11) is -1.23. The van der Waals surface area contributed by atoms with Crippen LogP contribution in [0.25, 0.3) is 10.9 Å². The van der Waals surface area contributed by atoms with Gasteiger partial charge in [0.15, 0.2) is 8.32 Å². The zero-order valence-electron chi connectivity index (χ0n) is 43.4. The fourth-order valence-electron chi connectivity index (χ4n) is 9.39. The summed E-state index contributed by atoms with van der Waals surface area (Å²) in [4.78, 5) is 60.3. The van der Waals surface area contributed by atoms with Crippen LogP contribution in [0.3, 0.4) is 0 Å². The Morgan fingerprint density at radius 3 is 1.95 bits per heavy atom. The second-order valence-corrected chi connectivity index (χ2v) is 32.1. The van der Waals surface area contributed by atoms with Crippen molar-refractivity contribution >= 4 is 67.2 Å². The summed E-state index contributed by atoms with van der Waals surface area (Å²) >= 11 is 3.67. The normalized spacial score (nSPS) is 15.6. The number of likely N-dealkylation sites (N-methyl/N-ethyl adjacent to an activating group) is 1. The van der Waals surface area contributed by atoms with Gasteiger partial charge >= 0.3 is 5.97 Å². The SMILES string of the molecule is COC(=O)CC(NC(=O)[C@H](Cc1c(Br)[nH]c2ccccc12)N(C)C(=O)[C@H](C)NC(=O)[C@@H](C)C/C(C)=C/[C@H](C)C[C@H](C)O[Si](C)(C)C(C)(C)C)c1ccc(O[Si](C(C)C)(C(C)C)C(C)C)cc1. The van der Waals surface area contributed by atoms with Crippen LogP contribution in [0, 0.1) is 11.8 Å². The second kappa shape index (κ2) is 24.0. The number of aromatic nitrogens is 1. The van der Waals surface area contributed by atoms with Crippen molar-refractivity contribution in [2.75, 3.05) is 14.2 Å². The number of amides is 3. The third-order valence-electron chi connectivity index (χ3n) is 13.9. The molecule has 0 aliphatic rings. The summed E-state index contributed by atoms with van der Waals surface area (Å²) in [6.07, 6.45) is 3.77. The van der Waals surface area contributed by atoms with Crippen LogP contribution in [0.15, 0.2) is 64.8 Å². The molecule has 0 aliphatic heterocycles. The summed E-state index contributed by atoms with van der Waals surface area (Å²) in [6, 6.07) is 12.6. The number of carbonyl (C=O) groups excluding carboxylic acids is 4. The number of allylic oxidation sites excluding steroid dienone is 2. The van der Waals surface area contributed by atoms with Gasteiger partial charge in [0.1, 0.15) is 17.8 Å². The molecule has 1 aromatic heterocycles. The fourth-order valence-corrected chi connectivity index (χ4v) is 16.7. The first-order valence-corrected chi connectivity index (χ1v) is 29.7. The third kappa shape index (κ3) is 14.6. The van der Waals surface area contributed by atoms with E-state index >= 15 is 0 Å². The number of para-hydroxylation sites is 1. The van der Waals surface area contributed by atoms with Crippen LogP contribution in [0.1, 0.15) is 133 Å². The van der Waals surface area contributed by atoms with E-state index in [-0.39, 0.29) is 35.8 Å². The molecule has 0 spiro atoms. The van der Waals surface area contributed by atoms with E-state index in [1.54, 1.807) is 14.0 Å². The quantitative estimate of drug-likeness (QED) is 0.0488. The minimum Gasteiger partial charge on any atom is -0.543 e. The van der Waals surface area contributed by atoms with Crippen molar-refractivity contribution in [3.05, 3.63) is 75.9 Å². The standard InChI is InChI=1S/C52H83BrN4O7Si2/c1-32(2)66(33(3)4,34(5)6)64-41-25-23-40(24-26-41)45(31-47(58)62-16)56-50(60)46(30-43-42-21-19-20-22-44(42)55-48(43)53)57(15)51(61)39(11)54-49(59)37(9)28-35(7)27-36(8)29-38(10)63-65(17,18)52(12,13)14/h19-27,32-34,36-39,45-46,55H,28-31H2,1-18H3,(H,54,59)(H,56,60)/b35-27+/t36-,37-,38-,39-,45?,46-/m0/s1. The van der Waals surface area contributed by atoms with E-state index in [2.05, 4.69) is 127 Å². The molecule has 1 unspecified atom stereocenters. The summed E-state index contributed by atoms with van der Waals surface area (Å²) in [5.41, 5.74) is 4.62. The average Bonchev–Trinajstić information content (AvgIpc) is 3.53. The lowest BCUT2D eigenvalue weighted by atomic mass is 9.95. The maximum atomic E-state index is 14.7. The van der Waals surface area contributed by atoms with E-state index in [0.29, 0.717) is 33.2 Å². The second-order valence-electron chi connectivity index (χ2n) is 21.2. The number of halogens is 1. The lowest BCUT2D eigenvalue weighted by Crippen LogP contribution is -2.55. The van der Waals surface area contributed by atoms with Gasteiger partial charge in [-0.1, -0.05) is 118 Å². The van der Waals surface area contributed by atoms with Crippen LogP contribution >= 0.6 is 15.9 Å². The Labute approximate surface area is 407 Å². The van der Waals surface area contributed by atoms with Crippen molar-refractivity contribution < 1.29 is 32.8 Å². The van der Waals surface area contributed by atoms with E-state index in [1.807, 2.05) is 62.4 Å². The van der Waals surface area contributed by atoms with Gasteiger partial charge in [-0.05, 0) is 120 Å². The number of methoxy groups -OCH3 is 1. The number of nitrogens with one attached hydrogen (secondary N) is 3. The predicted octanol–water partition coefficient (Wildman–Crippen LogP) is 12.2. The molecule has 0 aliphatic carbocycles. The maximum absolute atomic E-state index is 14.7. The minimum atomic E-state index is -2.24. The molecule has 0 fully saturated rings. The van der Waals surface area contributed by atoms with Crippen LogP contribution in [-0.4, -0.2) is 82.6 Å². The molecule has 3 N–H and O–H groups in total. The maximum Gasteiger partial charge on any atom is 0.307 e. The molecule has 14 heteroatoms. The molecule has 3 aromatic rings. The van der Waals surface area contributed by atoms with Crippen molar-refractivity contribution in [2.24, 2.45) is 11.8 Å². The van der Waals surface area contributed by atoms with E-state index in [1.165, 1.54) is 12.0 Å². The average molecular weight is 1010 g/mol. The van der Waals surface area contributed by atoms with Gasteiger partial charge in [-0.15, -0.1) is 0 Å². The van der Waals surface area contributed by atoms with Gasteiger partial charge in [-0.25, -0.2) is 0 Å². The molecular weight excluding hydrogens is 929 g/mol. The number of hydrogen-bond acceptors (Lipinski definition) is 7. The zero-order chi connectivity index (χ0) is 50.1. The first-order valence-electron chi connectivity index (χ1n) is 23.9. The van der Waals surface area contributed by atoms with Crippen LogP contribution in [0.2, 0.25) is 34.8 Å². The highest BCUT2D eigenvalue weighted by Gasteiger charge is 2.47. The Morgan fingerprint density at radius 2 is 1.41 bits per heavy atom. The van der Waals surface area contributed by atoms with Crippen molar-refractivity contribution in [1.82, 2.24) is 20.5 Å². The lowest BCUT2D eigenvalue weighted by molar-refractivity contribution is -0.143. The largest absolute Gasteiger partial charge is 0.543 e. The van der Waals surface area contributed by atoms with Crippen molar-refractivity contribution in [3.63, 3.8) is 0 Å². The monoisotopic (exact) mass is 1010 g/mol. The van der Waals surface area contributed by atoms with Crippen LogP contribution in [0.5, 0.6) is 5.75 Å². The number of ether oxygens (including phenoxy) is 1. The summed E-state index contributed by atoms with van der Waals surface area (Å²) in [5.74, 6) is -1.02. The number of aromatic amines is 1. The number of benzene rings is 2. The Hall–Kier alpha value is -3.73. The highest BCUT2D eigenvalue weighted by Crippen LogP contribution is 2.43. The van der Waals surface area contributed by atoms with Gasteiger partial charge in [-0.3, -0.25) is 19.2 Å². The molecule has 368 valence electrons. The molecule has 0 saturated heterocycles. The molecule has 3 rings (SSSR count). The van der Waals surface area contributed by atoms with Crippen LogP contribution in [-0.2, 0) is 34.8 Å². The van der Waals surface area contributed by atoms with Crippen molar-refractivity contribution in [1.29, 1.82) is 0 Å². The molecule has 0 bridgehead atoms. The van der Waals surface area contributed by atoms with E-state index < -0.39 is 58.5 Å². The number of carbonyl (C=O) groups is 4. The third-order valence-corrected chi connectivity index (χ3v) is 25.1. The van der Waals surface area contributed by atoms with Crippen molar-refractivity contribution in [3.8, 4) is 5.75 Å². The van der Waals surface area contributed by atoms with Crippen LogP contribution in [0.4, 0.5) is 0 Å². The van der Waals surface area contributed by atoms with Gasteiger partial charge < -0.3 is 34.1 Å². The number of fused-ring (bicyclic) bond motifs is 1. The number of esters is 1. The van der Waals surface area contributed by atoms with E-state index in [0.717, 1.165) is 34.2 Å². The van der Waals surface area contributed by atoms with Gasteiger partial charge in [-0.2, -0.15) is 0 Å². The Morgan fingerprint density at radius 1 is 0.833 bits per heavy atom. The fraction of sp³-hybridized carbons (Fsp3) is 0.615. The minimum absolute atomic E-state index is 0.120. The highest BCUT2D eigenvalue weighted by molar-refractivity contribution is 9.10. The molecule has 2 aromatic carbocycles. The molecule has 3 amide bonds. The molecule has 66 heavy (non-hydrogen) atoms. The van der Waals surface area contributed by atoms with Crippen molar-refractivity contribution in [2.45, 2.75) is 182 Å². The lowest BCUT2D eigenvalue weighted by Gasteiger charge is -2.42. The molecular formula is C52H83BrN4O7Si2. The first kappa shape index (κ1) is 56.6. The predicted molar refractivity (Wildman–Crippen MR) is 279 cm³/mol. The number of hydrogen-bond donors (Lipinski definition) is 3. The zero-order valence-corrected chi connectivity index (χ0v) is 47.0. The Balaban J connectivity index is 1.87. The summed E-state index contributed by atoms with van der Waals surface area (Å²) < 4.78 is 19.3. The number of nitrogens with zero attached hydrogens (tertiary/aromatic N) is 1. The smallest absolute Gasteiger partial charge is 0.307 e. The van der Waals surface area contributed by atoms with Gasteiger partial charge in [0.2, 0.25) is 17.7 Å².